The average Bonchev–Trinajstić information content (AvgIpc) is 2.86. The summed E-state index contributed by atoms with van der Waals surface area (Å²) in [6.07, 6.45) is 6.37. The zero-order valence-electron chi connectivity index (χ0n) is 20.3. The zero-order valence-corrected chi connectivity index (χ0v) is 20.3. The molecule has 180 valence electrons. The van der Waals surface area contributed by atoms with Gasteiger partial charge in [-0.1, -0.05) is 18.6 Å². The van der Waals surface area contributed by atoms with Crippen molar-refractivity contribution >= 4 is 5.96 Å². The molecule has 0 bridgehead atoms. The van der Waals surface area contributed by atoms with E-state index in [1.54, 1.807) is 14.2 Å². The van der Waals surface area contributed by atoms with Crippen molar-refractivity contribution in [2.75, 3.05) is 73.7 Å². The summed E-state index contributed by atoms with van der Waals surface area (Å²) in [5, 5.41) is 7.19. The van der Waals surface area contributed by atoms with Crippen LogP contribution in [0.2, 0.25) is 0 Å². The van der Waals surface area contributed by atoms with Crippen molar-refractivity contribution < 1.29 is 9.47 Å². The van der Waals surface area contributed by atoms with Gasteiger partial charge in [0.15, 0.2) is 5.96 Å². The van der Waals surface area contributed by atoms with Crippen LogP contribution < -0.4 is 15.4 Å². The van der Waals surface area contributed by atoms with Gasteiger partial charge in [-0.15, -0.1) is 0 Å². The first-order chi connectivity index (χ1) is 15.7. The Bertz CT molecular complexity index is 667. The van der Waals surface area contributed by atoms with Crippen LogP contribution in [0, 0.1) is 5.92 Å². The second-order valence-electron chi connectivity index (χ2n) is 9.00. The molecule has 2 fully saturated rings. The molecule has 32 heavy (non-hydrogen) atoms. The molecule has 2 N–H and O–H groups in total. The minimum Gasteiger partial charge on any atom is -0.497 e. The monoisotopic (exact) mass is 445 g/mol. The minimum absolute atomic E-state index is 0.337. The van der Waals surface area contributed by atoms with E-state index in [0.29, 0.717) is 12.0 Å². The molecule has 0 aliphatic carbocycles. The molecule has 1 unspecified atom stereocenters. The molecule has 0 amide bonds. The normalized spacial score (nSPS) is 20.2. The summed E-state index contributed by atoms with van der Waals surface area (Å²) in [7, 11) is 5.36. The Morgan fingerprint density at radius 2 is 1.75 bits per heavy atom. The molecule has 2 saturated heterocycles. The van der Waals surface area contributed by atoms with Gasteiger partial charge in [0.05, 0.1) is 19.8 Å². The molecule has 0 aromatic heterocycles. The van der Waals surface area contributed by atoms with E-state index in [-0.39, 0.29) is 0 Å². The van der Waals surface area contributed by atoms with E-state index in [0.717, 1.165) is 64.1 Å². The Kier molecular flexibility index (Phi) is 10.6. The lowest BCUT2D eigenvalue weighted by molar-refractivity contribution is 0.120. The molecule has 1 atom stereocenters. The van der Waals surface area contributed by atoms with Gasteiger partial charge < -0.3 is 25.0 Å². The number of nitrogens with one attached hydrogen (secondary N) is 2. The van der Waals surface area contributed by atoms with E-state index < -0.39 is 0 Å². The first-order valence-corrected chi connectivity index (χ1v) is 12.3. The van der Waals surface area contributed by atoms with Crippen LogP contribution in [-0.2, 0) is 4.74 Å². The van der Waals surface area contributed by atoms with Gasteiger partial charge in [-0.3, -0.25) is 9.89 Å². The first kappa shape index (κ1) is 24.8. The topological polar surface area (TPSA) is 61.4 Å². The van der Waals surface area contributed by atoms with Crippen molar-refractivity contribution in [1.82, 2.24) is 20.4 Å². The first-order valence-electron chi connectivity index (χ1n) is 12.3. The predicted molar refractivity (Wildman–Crippen MR) is 132 cm³/mol. The number of benzene rings is 1. The summed E-state index contributed by atoms with van der Waals surface area (Å²) in [5.41, 5.74) is 1.33. The lowest BCUT2D eigenvalue weighted by atomic mass is 9.97. The average molecular weight is 446 g/mol. The lowest BCUT2D eigenvalue weighted by Gasteiger charge is -2.35. The van der Waals surface area contributed by atoms with Crippen LogP contribution in [0.3, 0.4) is 0 Å². The highest BCUT2D eigenvalue weighted by Crippen LogP contribution is 2.26. The molecule has 0 spiro atoms. The number of guanidine groups is 1. The third kappa shape index (κ3) is 7.64. The second-order valence-corrected chi connectivity index (χ2v) is 9.00. The number of ether oxygens (including phenoxy) is 2. The zero-order chi connectivity index (χ0) is 22.6. The van der Waals surface area contributed by atoms with Crippen LogP contribution >= 0.6 is 0 Å². The fourth-order valence-electron chi connectivity index (χ4n) is 4.80. The van der Waals surface area contributed by atoms with Crippen molar-refractivity contribution in [3.63, 3.8) is 0 Å². The molecule has 2 aliphatic heterocycles. The molecule has 0 saturated carbocycles. The molecule has 3 rings (SSSR count). The fourth-order valence-corrected chi connectivity index (χ4v) is 4.80. The highest BCUT2D eigenvalue weighted by atomic mass is 16.5. The van der Waals surface area contributed by atoms with Crippen molar-refractivity contribution in [1.29, 1.82) is 0 Å². The SMILES string of the molecule is CN=C(NCC1CCN(CCOC)CC1)NCC(c1ccc(OC)cc1)N1CCCCC1. The number of nitrogens with zero attached hydrogens (tertiary/aromatic N) is 3. The standard InChI is InChI=1S/C25H43N5O2/c1-26-25(27-19-21-11-15-29(16-12-21)17-18-31-2)28-20-24(30-13-5-4-6-14-30)22-7-9-23(32-3)10-8-22/h7-10,21,24H,4-6,11-20H2,1-3H3,(H2,26,27,28). The molecule has 7 nitrogen and oxygen atoms in total. The molecule has 1 aromatic rings. The van der Waals surface area contributed by atoms with Crippen LogP contribution in [0.5, 0.6) is 5.75 Å². The van der Waals surface area contributed by atoms with Gasteiger partial charge in [-0.2, -0.15) is 0 Å². The Morgan fingerprint density at radius 1 is 1.03 bits per heavy atom. The van der Waals surface area contributed by atoms with Gasteiger partial charge in [0, 0.05) is 33.8 Å². The molecule has 7 heteroatoms. The lowest BCUT2D eigenvalue weighted by Crippen LogP contribution is -2.46. The number of hydrogen-bond donors (Lipinski definition) is 2. The molecular weight excluding hydrogens is 402 g/mol. The maximum absolute atomic E-state index is 5.36. The predicted octanol–water partition coefficient (Wildman–Crippen LogP) is 2.75. The Balaban J connectivity index is 1.50. The minimum atomic E-state index is 0.337. The molecule has 2 aliphatic rings. The van der Waals surface area contributed by atoms with Crippen LogP contribution in [0.15, 0.2) is 29.3 Å². The van der Waals surface area contributed by atoms with Crippen LogP contribution in [0.4, 0.5) is 0 Å². The second kappa shape index (κ2) is 13.7. The molecule has 2 heterocycles. The van der Waals surface area contributed by atoms with Crippen molar-refractivity contribution in [3.05, 3.63) is 29.8 Å². The highest BCUT2D eigenvalue weighted by molar-refractivity contribution is 5.79. The van der Waals surface area contributed by atoms with Crippen molar-refractivity contribution in [2.24, 2.45) is 10.9 Å². The number of likely N-dealkylation sites (tertiary alicyclic amines) is 2. The van der Waals surface area contributed by atoms with Gasteiger partial charge >= 0.3 is 0 Å². The van der Waals surface area contributed by atoms with E-state index in [1.807, 2.05) is 7.05 Å². The highest BCUT2D eigenvalue weighted by Gasteiger charge is 2.23. The fraction of sp³-hybridized carbons (Fsp3) is 0.720. The summed E-state index contributed by atoms with van der Waals surface area (Å²) in [4.78, 5) is 9.61. The summed E-state index contributed by atoms with van der Waals surface area (Å²) in [5.74, 6) is 2.51. The van der Waals surface area contributed by atoms with Crippen molar-refractivity contribution in [2.45, 2.75) is 38.1 Å². The number of methoxy groups -OCH3 is 2. The van der Waals surface area contributed by atoms with Gasteiger partial charge in [-0.05, 0) is 75.5 Å². The third-order valence-electron chi connectivity index (χ3n) is 6.90. The molecule has 0 radical (unpaired) electrons. The largest absolute Gasteiger partial charge is 0.497 e. The molecule has 1 aromatic carbocycles. The maximum atomic E-state index is 5.36. The number of hydrogen-bond acceptors (Lipinski definition) is 5. The summed E-state index contributed by atoms with van der Waals surface area (Å²) in [6.45, 7) is 8.34. The van der Waals surface area contributed by atoms with Crippen molar-refractivity contribution in [3.8, 4) is 5.75 Å². The Labute approximate surface area is 194 Å². The van der Waals surface area contributed by atoms with Crippen LogP contribution in [0.25, 0.3) is 0 Å². The van der Waals surface area contributed by atoms with E-state index >= 15 is 0 Å². The van der Waals surface area contributed by atoms with E-state index in [2.05, 4.69) is 49.7 Å². The summed E-state index contributed by atoms with van der Waals surface area (Å²) in [6, 6.07) is 8.88. The van der Waals surface area contributed by atoms with Gasteiger partial charge in [0.2, 0.25) is 0 Å². The maximum Gasteiger partial charge on any atom is 0.191 e. The number of piperidine rings is 2. The summed E-state index contributed by atoms with van der Waals surface area (Å²) >= 11 is 0. The Hall–Kier alpha value is -1.83. The third-order valence-corrected chi connectivity index (χ3v) is 6.90. The van der Waals surface area contributed by atoms with Gasteiger partial charge in [-0.25, -0.2) is 0 Å². The van der Waals surface area contributed by atoms with Crippen LogP contribution in [-0.4, -0.2) is 89.4 Å². The van der Waals surface area contributed by atoms with Crippen LogP contribution in [0.1, 0.15) is 43.7 Å². The van der Waals surface area contributed by atoms with Gasteiger partial charge in [0.25, 0.3) is 0 Å². The van der Waals surface area contributed by atoms with E-state index in [1.165, 1.54) is 37.7 Å². The quantitative estimate of drug-likeness (QED) is 0.427. The van der Waals surface area contributed by atoms with E-state index in [4.69, 9.17) is 9.47 Å². The van der Waals surface area contributed by atoms with E-state index in [9.17, 15) is 0 Å². The number of aliphatic imine (C=N–C) groups is 1. The smallest absolute Gasteiger partial charge is 0.191 e. The summed E-state index contributed by atoms with van der Waals surface area (Å²) < 4.78 is 10.6. The molecular formula is C25H43N5O2. The van der Waals surface area contributed by atoms with Gasteiger partial charge in [0.1, 0.15) is 5.75 Å². The number of rotatable bonds is 10. The Morgan fingerprint density at radius 3 is 2.38 bits per heavy atom.